The highest BCUT2D eigenvalue weighted by Crippen LogP contribution is 2.27. The molecule has 0 saturated carbocycles. The largest absolute Gasteiger partial charge is 0.320 e. The van der Waals surface area contributed by atoms with Crippen molar-refractivity contribution < 1.29 is 9.18 Å². The van der Waals surface area contributed by atoms with E-state index >= 15 is 0 Å². The number of halogens is 2. The SMILES string of the molecule is O=C(Nc1cnccc1-c1ccccc1)c1cc(Cl)ncc1F. The van der Waals surface area contributed by atoms with Crippen molar-refractivity contribution in [3.8, 4) is 11.1 Å². The van der Waals surface area contributed by atoms with Gasteiger partial charge in [0.2, 0.25) is 0 Å². The van der Waals surface area contributed by atoms with E-state index in [1.54, 1.807) is 12.3 Å². The zero-order valence-corrected chi connectivity index (χ0v) is 12.6. The standard InChI is InChI=1S/C17H11ClFN3O/c18-16-8-13(14(19)9-21-16)17(23)22-15-10-20-7-6-12(15)11-4-2-1-3-5-11/h1-10H,(H,22,23). The third-order valence-electron chi connectivity index (χ3n) is 3.22. The van der Waals surface area contributed by atoms with Crippen LogP contribution in [0, 0.1) is 5.82 Å². The van der Waals surface area contributed by atoms with Gasteiger partial charge in [-0.1, -0.05) is 41.9 Å². The van der Waals surface area contributed by atoms with Crippen molar-refractivity contribution >= 4 is 23.2 Å². The zero-order chi connectivity index (χ0) is 16.2. The van der Waals surface area contributed by atoms with Crippen molar-refractivity contribution in [2.75, 3.05) is 5.32 Å². The lowest BCUT2D eigenvalue weighted by molar-refractivity contribution is 0.102. The van der Waals surface area contributed by atoms with Crippen LogP contribution in [-0.4, -0.2) is 15.9 Å². The number of amides is 1. The van der Waals surface area contributed by atoms with E-state index in [4.69, 9.17) is 11.6 Å². The Kier molecular flexibility index (Phi) is 4.30. The molecule has 1 amide bonds. The Morgan fingerprint density at radius 3 is 2.70 bits per heavy atom. The van der Waals surface area contributed by atoms with Crippen LogP contribution >= 0.6 is 11.6 Å². The molecular formula is C17H11ClFN3O. The van der Waals surface area contributed by atoms with Crippen molar-refractivity contribution in [1.82, 2.24) is 9.97 Å². The first kappa shape index (κ1) is 15.1. The van der Waals surface area contributed by atoms with E-state index in [9.17, 15) is 9.18 Å². The Bertz CT molecular complexity index is 855. The summed E-state index contributed by atoms with van der Waals surface area (Å²) < 4.78 is 13.7. The van der Waals surface area contributed by atoms with Crippen molar-refractivity contribution in [1.29, 1.82) is 0 Å². The number of anilines is 1. The topological polar surface area (TPSA) is 54.9 Å². The highest BCUT2D eigenvalue weighted by atomic mass is 35.5. The Morgan fingerprint density at radius 2 is 1.91 bits per heavy atom. The number of aromatic nitrogens is 2. The van der Waals surface area contributed by atoms with Crippen LogP contribution in [0.1, 0.15) is 10.4 Å². The van der Waals surface area contributed by atoms with Crippen LogP contribution in [0.2, 0.25) is 5.15 Å². The Balaban J connectivity index is 1.95. The summed E-state index contributed by atoms with van der Waals surface area (Å²) in [6.07, 6.45) is 4.06. The van der Waals surface area contributed by atoms with Gasteiger partial charge in [0.1, 0.15) is 5.15 Å². The molecule has 6 heteroatoms. The number of rotatable bonds is 3. The minimum atomic E-state index is -0.739. The third-order valence-corrected chi connectivity index (χ3v) is 3.43. The maximum absolute atomic E-state index is 13.7. The van der Waals surface area contributed by atoms with Gasteiger partial charge in [-0.05, 0) is 17.7 Å². The predicted octanol–water partition coefficient (Wildman–Crippen LogP) is 4.19. The number of pyridine rings is 2. The van der Waals surface area contributed by atoms with Crippen LogP contribution in [0.4, 0.5) is 10.1 Å². The average Bonchev–Trinajstić information content (AvgIpc) is 2.58. The summed E-state index contributed by atoms with van der Waals surface area (Å²) in [6.45, 7) is 0. The Labute approximate surface area is 137 Å². The number of nitrogens with one attached hydrogen (secondary N) is 1. The van der Waals surface area contributed by atoms with E-state index in [-0.39, 0.29) is 10.7 Å². The lowest BCUT2D eigenvalue weighted by Crippen LogP contribution is -2.15. The van der Waals surface area contributed by atoms with Crippen molar-refractivity contribution in [3.05, 3.63) is 77.6 Å². The van der Waals surface area contributed by atoms with Gasteiger partial charge in [0, 0.05) is 11.8 Å². The molecule has 23 heavy (non-hydrogen) atoms. The number of nitrogens with zero attached hydrogens (tertiary/aromatic N) is 2. The summed E-state index contributed by atoms with van der Waals surface area (Å²) in [5.74, 6) is -1.35. The van der Waals surface area contributed by atoms with Crippen LogP contribution < -0.4 is 5.32 Å². The first-order valence-electron chi connectivity index (χ1n) is 6.77. The number of carbonyl (C=O) groups excluding carboxylic acids is 1. The molecule has 0 aliphatic carbocycles. The summed E-state index contributed by atoms with van der Waals surface area (Å²) in [7, 11) is 0. The van der Waals surface area contributed by atoms with Crippen molar-refractivity contribution in [3.63, 3.8) is 0 Å². The molecule has 0 fully saturated rings. The highest BCUT2D eigenvalue weighted by molar-refractivity contribution is 6.29. The van der Waals surface area contributed by atoms with Gasteiger partial charge in [0.05, 0.1) is 23.6 Å². The molecule has 4 nitrogen and oxygen atoms in total. The molecule has 0 radical (unpaired) electrons. The number of carbonyl (C=O) groups is 1. The van der Waals surface area contributed by atoms with Gasteiger partial charge >= 0.3 is 0 Å². The first-order chi connectivity index (χ1) is 11.1. The highest BCUT2D eigenvalue weighted by Gasteiger charge is 2.15. The second kappa shape index (κ2) is 6.54. The fraction of sp³-hybridized carbons (Fsp3) is 0. The molecule has 0 saturated heterocycles. The molecule has 0 aliphatic rings. The number of benzene rings is 1. The molecule has 0 bridgehead atoms. The van der Waals surface area contributed by atoms with Crippen molar-refractivity contribution in [2.45, 2.75) is 0 Å². The minimum absolute atomic E-state index is 0.0472. The second-order valence-corrected chi connectivity index (χ2v) is 5.12. The number of hydrogen-bond donors (Lipinski definition) is 1. The molecule has 114 valence electrons. The maximum Gasteiger partial charge on any atom is 0.258 e. The molecule has 2 heterocycles. The zero-order valence-electron chi connectivity index (χ0n) is 11.8. The monoisotopic (exact) mass is 327 g/mol. The van der Waals surface area contributed by atoms with E-state index in [2.05, 4.69) is 15.3 Å². The first-order valence-corrected chi connectivity index (χ1v) is 7.15. The third kappa shape index (κ3) is 3.35. The van der Waals surface area contributed by atoms with Gasteiger partial charge in [-0.25, -0.2) is 9.37 Å². The molecule has 1 aromatic carbocycles. The fourth-order valence-electron chi connectivity index (χ4n) is 2.14. The summed E-state index contributed by atoms with van der Waals surface area (Å²) in [5.41, 5.74) is 2.01. The molecular weight excluding hydrogens is 317 g/mol. The van der Waals surface area contributed by atoms with Crippen LogP contribution in [0.5, 0.6) is 0 Å². The summed E-state index contributed by atoms with van der Waals surface area (Å²) in [6, 6.07) is 12.5. The van der Waals surface area contributed by atoms with Gasteiger partial charge in [0.25, 0.3) is 5.91 Å². The smallest absolute Gasteiger partial charge is 0.258 e. The van der Waals surface area contributed by atoms with Crippen LogP contribution in [-0.2, 0) is 0 Å². The summed E-state index contributed by atoms with van der Waals surface area (Å²) in [5, 5.41) is 2.71. The maximum atomic E-state index is 13.7. The lowest BCUT2D eigenvalue weighted by Gasteiger charge is -2.11. The molecule has 2 aromatic heterocycles. The summed E-state index contributed by atoms with van der Waals surface area (Å²) >= 11 is 5.72. The van der Waals surface area contributed by atoms with Crippen LogP contribution in [0.25, 0.3) is 11.1 Å². The van der Waals surface area contributed by atoms with Gasteiger partial charge in [-0.2, -0.15) is 0 Å². The van der Waals surface area contributed by atoms with E-state index in [1.807, 2.05) is 30.3 Å². The van der Waals surface area contributed by atoms with Crippen LogP contribution in [0.3, 0.4) is 0 Å². The van der Waals surface area contributed by atoms with Gasteiger partial charge in [0.15, 0.2) is 5.82 Å². The van der Waals surface area contributed by atoms with E-state index in [1.165, 1.54) is 12.3 Å². The molecule has 0 atom stereocenters. The normalized spacial score (nSPS) is 10.3. The van der Waals surface area contributed by atoms with Gasteiger partial charge < -0.3 is 5.32 Å². The summed E-state index contributed by atoms with van der Waals surface area (Å²) in [4.78, 5) is 19.9. The van der Waals surface area contributed by atoms with E-state index in [0.29, 0.717) is 5.69 Å². The van der Waals surface area contributed by atoms with Gasteiger partial charge in [-0.3, -0.25) is 9.78 Å². The minimum Gasteiger partial charge on any atom is -0.320 e. The molecule has 3 aromatic rings. The fourth-order valence-corrected chi connectivity index (χ4v) is 2.30. The lowest BCUT2D eigenvalue weighted by atomic mass is 10.1. The molecule has 1 N–H and O–H groups in total. The number of hydrogen-bond acceptors (Lipinski definition) is 3. The van der Waals surface area contributed by atoms with Gasteiger partial charge in [-0.15, -0.1) is 0 Å². The van der Waals surface area contributed by atoms with E-state index in [0.717, 1.165) is 17.3 Å². The molecule has 3 rings (SSSR count). The Hall–Kier alpha value is -2.79. The predicted molar refractivity (Wildman–Crippen MR) is 86.8 cm³/mol. The van der Waals surface area contributed by atoms with Crippen LogP contribution in [0.15, 0.2) is 61.1 Å². The quantitative estimate of drug-likeness (QED) is 0.734. The molecule has 0 spiro atoms. The van der Waals surface area contributed by atoms with Crippen molar-refractivity contribution in [2.24, 2.45) is 0 Å². The average molecular weight is 328 g/mol. The molecule has 0 aliphatic heterocycles. The molecule has 0 unspecified atom stereocenters. The second-order valence-electron chi connectivity index (χ2n) is 4.73. The van der Waals surface area contributed by atoms with E-state index < -0.39 is 11.7 Å². The Morgan fingerprint density at radius 1 is 1.13 bits per heavy atom.